The fourth-order valence-electron chi connectivity index (χ4n) is 2.85. The number of benzene rings is 1. The minimum absolute atomic E-state index is 0. The zero-order chi connectivity index (χ0) is 18.6. The second kappa shape index (κ2) is 9.83. The predicted molar refractivity (Wildman–Crippen MR) is 123 cm³/mol. The van der Waals surface area contributed by atoms with Crippen LogP contribution < -0.4 is 10.6 Å². The van der Waals surface area contributed by atoms with Crippen molar-refractivity contribution in [3.63, 3.8) is 0 Å². The molecule has 2 aromatic rings. The first-order valence-electron chi connectivity index (χ1n) is 8.74. The first kappa shape index (κ1) is 22.1. The normalized spacial score (nSPS) is 18.7. The molecule has 1 aromatic carbocycles. The Hall–Kier alpha value is -1.20. The zero-order valence-electron chi connectivity index (χ0n) is 15.4. The zero-order valence-corrected chi connectivity index (χ0v) is 19.4. The van der Waals surface area contributed by atoms with Gasteiger partial charge in [-0.2, -0.15) is 0 Å². The van der Waals surface area contributed by atoms with Crippen LogP contribution in [0, 0.1) is 6.92 Å². The predicted octanol–water partition coefficient (Wildman–Crippen LogP) is 2.98. The third-order valence-electron chi connectivity index (χ3n) is 4.21. The minimum atomic E-state index is -2.91. The first-order chi connectivity index (χ1) is 12.5. The van der Waals surface area contributed by atoms with Crippen LogP contribution in [0.2, 0.25) is 0 Å². The minimum Gasteiger partial charge on any atom is -0.357 e. The molecule has 0 radical (unpaired) electrons. The number of aromatic nitrogens is 1. The summed E-state index contributed by atoms with van der Waals surface area (Å²) >= 11 is 1.65. The molecule has 0 spiro atoms. The summed E-state index contributed by atoms with van der Waals surface area (Å²) in [5.41, 5.74) is 2.09. The Kier molecular flexibility index (Phi) is 8.04. The summed E-state index contributed by atoms with van der Waals surface area (Å²) in [7, 11) is -2.91. The maximum absolute atomic E-state index is 11.6. The Bertz CT molecular complexity index is 882. The molecule has 1 aromatic heterocycles. The number of rotatable bonds is 5. The van der Waals surface area contributed by atoms with Crippen molar-refractivity contribution in [1.82, 2.24) is 15.6 Å². The van der Waals surface area contributed by atoms with Crippen LogP contribution in [-0.4, -0.2) is 43.5 Å². The quantitative estimate of drug-likeness (QED) is 0.360. The highest BCUT2D eigenvalue weighted by molar-refractivity contribution is 14.0. The van der Waals surface area contributed by atoms with Crippen molar-refractivity contribution < 1.29 is 8.42 Å². The van der Waals surface area contributed by atoms with Crippen molar-refractivity contribution in [1.29, 1.82) is 0 Å². The molecular weight excluding hydrogens is 495 g/mol. The summed E-state index contributed by atoms with van der Waals surface area (Å²) in [5.74, 6) is 1.08. The van der Waals surface area contributed by atoms with Crippen molar-refractivity contribution in [3.8, 4) is 10.6 Å². The lowest BCUT2D eigenvalue weighted by Gasteiger charge is -2.15. The molecule has 27 heavy (non-hydrogen) atoms. The van der Waals surface area contributed by atoms with Crippen LogP contribution in [-0.2, 0) is 16.4 Å². The van der Waals surface area contributed by atoms with Crippen LogP contribution in [0.4, 0.5) is 0 Å². The number of guanidine groups is 1. The molecular formula is C18H25IN4O2S2. The number of nitrogens with zero attached hydrogens (tertiary/aromatic N) is 2. The molecule has 1 unspecified atom stereocenters. The van der Waals surface area contributed by atoms with Crippen LogP contribution in [0.5, 0.6) is 0 Å². The van der Waals surface area contributed by atoms with Crippen molar-refractivity contribution >= 4 is 51.1 Å². The second-order valence-corrected chi connectivity index (χ2v) is 9.65. The van der Waals surface area contributed by atoms with Gasteiger partial charge >= 0.3 is 0 Å². The van der Waals surface area contributed by atoms with Crippen LogP contribution >= 0.6 is 35.3 Å². The monoisotopic (exact) mass is 520 g/mol. The van der Waals surface area contributed by atoms with Crippen LogP contribution in [0.1, 0.15) is 23.9 Å². The van der Waals surface area contributed by atoms with E-state index < -0.39 is 9.84 Å². The molecule has 9 heteroatoms. The number of hydrogen-bond donors (Lipinski definition) is 2. The highest BCUT2D eigenvalue weighted by atomic mass is 127. The number of aliphatic imine (C=N–C) groups is 1. The molecule has 1 saturated heterocycles. The summed E-state index contributed by atoms with van der Waals surface area (Å²) in [4.78, 5) is 10.4. The summed E-state index contributed by atoms with van der Waals surface area (Å²) in [6, 6.07) is 10.0. The van der Waals surface area contributed by atoms with Crippen LogP contribution in [0.3, 0.4) is 0 Å². The Morgan fingerprint density at radius 2 is 2.07 bits per heavy atom. The fourth-order valence-corrected chi connectivity index (χ4v) is 5.52. The third-order valence-corrected chi connectivity index (χ3v) is 7.17. The van der Waals surface area contributed by atoms with Gasteiger partial charge in [0.15, 0.2) is 15.8 Å². The molecule has 1 aliphatic heterocycles. The Morgan fingerprint density at radius 1 is 1.33 bits per heavy atom. The van der Waals surface area contributed by atoms with Gasteiger partial charge in [0.25, 0.3) is 0 Å². The Labute approximate surface area is 181 Å². The lowest BCUT2D eigenvalue weighted by molar-refractivity contribution is 0.599. The topological polar surface area (TPSA) is 83.4 Å². The number of halogens is 1. The maximum atomic E-state index is 11.6. The average Bonchev–Trinajstić information content (AvgIpc) is 3.15. The van der Waals surface area contributed by atoms with Crippen molar-refractivity contribution in [2.75, 3.05) is 18.1 Å². The Balaban J connectivity index is 0.00000261. The Morgan fingerprint density at radius 3 is 2.70 bits per heavy atom. The summed E-state index contributed by atoms with van der Waals surface area (Å²) < 4.78 is 23.3. The van der Waals surface area contributed by atoms with Gasteiger partial charge in [-0.05, 0) is 20.3 Å². The van der Waals surface area contributed by atoms with E-state index in [0.717, 1.165) is 27.7 Å². The highest BCUT2D eigenvalue weighted by Crippen LogP contribution is 2.28. The van der Waals surface area contributed by atoms with Gasteiger partial charge in [0.2, 0.25) is 0 Å². The molecule has 0 saturated carbocycles. The highest BCUT2D eigenvalue weighted by Gasteiger charge is 2.28. The molecule has 2 N–H and O–H groups in total. The van der Waals surface area contributed by atoms with Gasteiger partial charge in [0.05, 0.1) is 23.7 Å². The number of thiazole rings is 1. The van der Waals surface area contributed by atoms with Gasteiger partial charge in [-0.1, -0.05) is 30.3 Å². The van der Waals surface area contributed by atoms with Gasteiger partial charge in [0, 0.05) is 23.0 Å². The molecule has 0 bridgehead atoms. The number of hydrogen-bond acceptors (Lipinski definition) is 5. The lowest BCUT2D eigenvalue weighted by Crippen LogP contribution is -2.44. The van der Waals surface area contributed by atoms with Gasteiger partial charge in [0.1, 0.15) is 5.01 Å². The summed E-state index contributed by atoms with van der Waals surface area (Å²) in [6.45, 7) is 5.24. The van der Waals surface area contributed by atoms with Gasteiger partial charge in [-0.15, -0.1) is 35.3 Å². The smallest absolute Gasteiger partial charge is 0.191 e. The molecule has 0 amide bonds. The van der Waals surface area contributed by atoms with E-state index in [2.05, 4.69) is 32.7 Å². The molecule has 3 rings (SSSR count). The standard InChI is InChI=1S/C18H24N4O2S2.HI/c1-3-19-18(22-15-9-10-26(23,24)12-15)20-11-16-13(2)21-17(25-16)14-7-5-4-6-8-14;/h4-8,15H,3,9-12H2,1-2H3,(H2,19,20,22);1H. The maximum Gasteiger partial charge on any atom is 0.191 e. The number of sulfone groups is 1. The van der Waals surface area contributed by atoms with E-state index in [0.29, 0.717) is 18.9 Å². The van der Waals surface area contributed by atoms with E-state index in [1.54, 1.807) is 11.3 Å². The fraction of sp³-hybridized carbons (Fsp3) is 0.444. The number of nitrogens with one attached hydrogen (secondary N) is 2. The molecule has 148 valence electrons. The van der Waals surface area contributed by atoms with Crippen LogP contribution in [0.15, 0.2) is 35.3 Å². The van der Waals surface area contributed by atoms with Gasteiger partial charge in [-0.3, -0.25) is 0 Å². The molecule has 1 fully saturated rings. The van der Waals surface area contributed by atoms with E-state index in [4.69, 9.17) is 0 Å². The molecule has 6 nitrogen and oxygen atoms in total. The third kappa shape index (κ3) is 6.15. The van der Waals surface area contributed by atoms with Gasteiger partial charge < -0.3 is 10.6 Å². The number of aryl methyl sites for hydroxylation is 1. The lowest BCUT2D eigenvalue weighted by atomic mass is 10.2. The SMILES string of the molecule is CCNC(=NCc1sc(-c2ccccc2)nc1C)NC1CCS(=O)(=O)C1.I. The van der Waals surface area contributed by atoms with E-state index in [-0.39, 0.29) is 41.5 Å². The van der Waals surface area contributed by atoms with E-state index >= 15 is 0 Å². The average molecular weight is 520 g/mol. The van der Waals surface area contributed by atoms with Crippen LogP contribution in [0.25, 0.3) is 10.6 Å². The summed E-state index contributed by atoms with van der Waals surface area (Å²) in [6.07, 6.45) is 0.629. The largest absolute Gasteiger partial charge is 0.357 e. The van der Waals surface area contributed by atoms with Gasteiger partial charge in [-0.25, -0.2) is 18.4 Å². The summed E-state index contributed by atoms with van der Waals surface area (Å²) in [5, 5.41) is 7.43. The van der Waals surface area contributed by atoms with E-state index in [1.165, 1.54) is 0 Å². The van der Waals surface area contributed by atoms with Crippen molar-refractivity contribution in [2.45, 2.75) is 32.9 Å². The van der Waals surface area contributed by atoms with E-state index in [9.17, 15) is 8.42 Å². The molecule has 1 aliphatic rings. The molecule has 0 aliphatic carbocycles. The van der Waals surface area contributed by atoms with Crippen molar-refractivity contribution in [3.05, 3.63) is 40.9 Å². The second-order valence-electron chi connectivity index (χ2n) is 6.33. The first-order valence-corrected chi connectivity index (χ1v) is 11.4. The van der Waals surface area contributed by atoms with E-state index in [1.807, 2.05) is 32.0 Å². The molecule has 2 heterocycles. The molecule has 1 atom stereocenters. The van der Waals surface area contributed by atoms with Crippen molar-refractivity contribution in [2.24, 2.45) is 4.99 Å².